The molecule has 0 spiro atoms. The van der Waals surface area contributed by atoms with E-state index in [4.69, 9.17) is 4.74 Å². The summed E-state index contributed by atoms with van der Waals surface area (Å²) in [5.74, 6) is 1.57. The molecule has 7 heteroatoms. The van der Waals surface area contributed by atoms with Crippen LogP contribution in [0, 0.1) is 13.8 Å². The number of hydrogen-bond donors (Lipinski definition) is 2. The monoisotopic (exact) mass is 396 g/mol. The van der Waals surface area contributed by atoms with E-state index in [9.17, 15) is 4.79 Å². The third kappa shape index (κ3) is 5.36. The second kappa shape index (κ2) is 9.41. The number of thioether (sulfide) groups is 1. The van der Waals surface area contributed by atoms with Gasteiger partial charge in [-0.25, -0.2) is 4.98 Å². The fourth-order valence-electron chi connectivity index (χ4n) is 2.70. The van der Waals surface area contributed by atoms with Crippen molar-refractivity contribution in [3.63, 3.8) is 0 Å². The number of rotatable bonds is 8. The molecule has 1 aromatic heterocycles. The molecule has 0 bridgehead atoms. The molecule has 146 valence electrons. The van der Waals surface area contributed by atoms with E-state index in [1.165, 1.54) is 17.3 Å². The Morgan fingerprint density at radius 1 is 1.18 bits per heavy atom. The number of aromatic amines is 1. The summed E-state index contributed by atoms with van der Waals surface area (Å²) >= 11 is 1.29. The number of para-hydroxylation sites is 1. The Morgan fingerprint density at radius 3 is 2.71 bits per heavy atom. The summed E-state index contributed by atoms with van der Waals surface area (Å²) in [6, 6.07) is 13.9. The molecule has 1 heterocycles. The molecule has 2 aromatic carbocycles. The summed E-state index contributed by atoms with van der Waals surface area (Å²) in [6.45, 7) is 6.40. The highest BCUT2D eigenvalue weighted by atomic mass is 32.2. The molecule has 0 unspecified atom stereocenters. The third-order valence-corrected chi connectivity index (χ3v) is 5.09. The maximum Gasteiger partial charge on any atom is 0.234 e. The number of nitrogens with zero attached hydrogens (tertiary/aromatic N) is 2. The average Bonchev–Trinajstić information content (AvgIpc) is 3.15. The second-order valence-corrected chi connectivity index (χ2v) is 7.41. The number of H-pyrrole nitrogens is 1. The first-order valence-corrected chi connectivity index (χ1v) is 10.2. The predicted octanol–water partition coefficient (Wildman–Crippen LogP) is 4.29. The lowest BCUT2D eigenvalue weighted by Crippen LogP contribution is -2.16. The highest BCUT2D eigenvalue weighted by Crippen LogP contribution is 2.22. The molecular weight excluding hydrogens is 372 g/mol. The van der Waals surface area contributed by atoms with Crippen molar-refractivity contribution in [2.75, 3.05) is 11.1 Å². The summed E-state index contributed by atoms with van der Waals surface area (Å²) in [5, 5.41) is 10.5. The summed E-state index contributed by atoms with van der Waals surface area (Å²) in [5.41, 5.74) is 4.27. The van der Waals surface area contributed by atoms with Crippen LogP contribution in [-0.2, 0) is 17.8 Å². The normalized spacial score (nSPS) is 10.7. The molecule has 28 heavy (non-hydrogen) atoms. The van der Waals surface area contributed by atoms with Crippen molar-refractivity contribution >= 4 is 23.4 Å². The van der Waals surface area contributed by atoms with Gasteiger partial charge in [0.15, 0.2) is 5.82 Å². The zero-order valence-corrected chi connectivity index (χ0v) is 17.1. The molecule has 3 rings (SSSR count). The minimum atomic E-state index is -0.0729. The Labute approximate surface area is 169 Å². The van der Waals surface area contributed by atoms with Gasteiger partial charge in [0.25, 0.3) is 0 Å². The summed E-state index contributed by atoms with van der Waals surface area (Å²) in [7, 11) is 0. The van der Waals surface area contributed by atoms with Crippen LogP contribution in [0.25, 0.3) is 0 Å². The molecule has 2 N–H and O–H groups in total. The first-order valence-electron chi connectivity index (χ1n) is 9.17. The number of carbonyl (C=O) groups excluding carboxylic acids is 1. The van der Waals surface area contributed by atoms with E-state index < -0.39 is 0 Å². The Balaban J connectivity index is 1.50. The number of carbonyl (C=O) groups is 1. The fourth-order valence-corrected chi connectivity index (χ4v) is 3.32. The predicted molar refractivity (Wildman–Crippen MR) is 112 cm³/mol. The van der Waals surface area contributed by atoms with Gasteiger partial charge in [-0.3, -0.25) is 9.89 Å². The molecule has 0 aliphatic rings. The van der Waals surface area contributed by atoms with E-state index in [2.05, 4.69) is 27.4 Å². The van der Waals surface area contributed by atoms with Gasteiger partial charge in [-0.2, -0.15) is 0 Å². The SMILES string of the molecule is CCc1cccc(C)c1NC(=O)CSc1n[nH]c(COc2ccc(C)cc2)n1. The summed E-state index contributed by atoms with van der Waals surface area (Å²) in [6.07, 6.45) is 0.871. The molecule has 0 saturated heterocycles. The summed E-state index contributed by atoms with van der Waals surface area (Å²) < 4.78 is 5.68. The van der Waals surface area contributed by atoms with E-state index in [1.807, 2.05) is 56.3 Å². The van der Waals surface area contributed by atoms with E-state index in [1.54, 1.807) is 0 Å². The topological polar surface area (TPSA) is 79.9 Å². The van der Waals surface area contributed by atoms with Crippen molar-refractivity contribution in [3.05, 3.63) is 65.0 Å². The first-order chi connectivity index (χ1) is 13.5. The molecule has 6 nitrogen and oxygen atoms in total. The van der Waals surface area contributed by atoms with Gasteiger partial charge in [0.2, 0.25) is 11.1 Å². The van der Waals surface area contributed by atoms with Gasteiger partial charge in [0.05, 0.1) is 5.75 Å². The van der Waals surface area contributed by atoms with Crippen molar-refractivity contribution in [1.29, 1.82) is 0 Å². The van der Waals surface area contributed by atoms with Crippen LogP contribution in [0.5, 0.6) is 5.75 Å². The van der Waals surface area contributed by atoms with E-state index in [0.717, 1.165) is 29.0 Å². The molecule has 0 radical (unpaired) electrons. The minimum Gasteiger partial charge on any atom is -0.486 e. The molecule has 3 aromatic rings. The zero-order valence-electron chi connectivity index (χ0n) is 16.3. The largest absolute Gasteiger partial charge is 0.486 e. The number of nitrogens with one attached hydrogen (secondary N) is 2. The molecule has 0 atom stereocenters. The van der Waals surface area contributed by atoms with Crippen LogP contribution < -0.4 is 10.1 Å². The number of anilines is 1. The average molecular weight is 397 g/mol. The van der Waals surface area contributed by atoms with Crippen LogP contribution in [-0.4, -0.2) is 26.8 Å². The minimum absolute atomic E-state index is 0.0729. The smallest absolute Gasteiger partial charge is 0.234 e. The van der Waals surface area contributed by atoms with Gasteiger partial charge in [0.1, 0.15) is 12.4 Å². The fraction of sp³-hybridized carbons (Fsp3) is 0.286. The van der Waals surface area contributed by atoms with E-state index >= 15 is 0 Å². The zero-order chi connectivity index (χ0) is 19.9. The Kier molecular flexibility index (Phi) is 6.71. The standard InChI is InChI=1S/C21H24N4O2S/c1-4-16-7-5-6-15(3)20(16)23-19(26)13-28-21-22-18(24-25-21)12-27-17-10-8-14(2)9-11-17/h5-11H,4,12-13H2,1-3H3,(H,23,26)(H,22,24,25). The van der Waals surface area contributed by atoms with Gasteiger partial charge in [-0.1, -0.05) is 54.6 Å². The molecule has 0 fully saturated rings. The quantitative estimate of drug-likeness (QED) is 0.555. The number of aryl methyl sites for hydroxylation is 3. The second-order valence-electron chi connectivity index (χ2n) is 6.47. The maximum absolute atomic E-state index is 12.3. The third-order valence-electron chi connectivity index (χ3n) is 4.24. The van der Waals surface area contributed by atoms with Gasteiger partial charge >= 0.3 is 0 Å². The number of amides is 1. The van der Waals surface area contributed by atoms with Crippen molar-refractivity contribution in [1.82, 2.24) is 15.2 Å². The lowest BCUT2D eigenvalue weighted by atomic mass is 10.1. The number of aromatic nitrogens is 3. The van der Waals surface area contributed by atoms with Crippen molar-refractivity contribution < 1.29 is 9.53 Å². The van der Waals surface area contributed by atoms with E-state index in [-0.39, 0.29) is 11.7 Å². The van der Waals surface area contributed by atoms with Crippen molar-refractivity contribution in [2.24, 2.45) is 0 Å². The van der Waals surface area contributed by atoms with Crippen LogP contribution in [0.1, 0.15) is 29.4 Å². The van der Waals surface area contributed by atoms with E-state index in [0.29, 0.717) is 17.6 Å². The lowest BCUT2D eigenvalue weighted by molar-refractivity contribution is -0.113. The van der Waals surface area contributed by atoms with Gasteiger partial charge in [-0.15, -0.1) is 5.10 Å². The van der Waals surface area contributed by atoms with Gasteiger partial charge in [-0.05, 0) is 43.5 Å². The molecular formula is C21H24N4O2S. The van der Waals surface area contributed by atoms with Crippen LogP contribution in [0.4, 0.5) is 5.69 Å². The Hall–Kier alpha value is -2.80. The summed E-state index contributed by atoms with van der Waals surface area (Å²) in [4.78, 5) is 16.7. The molecule has 1 amide bonds. The maximum atomic E-state index is 12.3. The molecule has 0 aliphatic carbocycles. The number of benzene rings is 2. The van der Waals surface area contributed by atoms with Crippen LogP contribution in [0.3, 0.4) is 0 Å². The number of ether oxygens (including phenoxy) is 1. The van der Waals surface area contributed by atoms with Gasteiger partial charge < -0.3 is 10.1 Å². The molecule has 0 saturated carbocycles. The molecule has 0 aliphatic heterocycles. The van der Waals surface area contributed by atoms with Crippen molar-refractivity contribution in [3.8, 4) is 5.75 Å². The number of hydrogen-bond acceptors (Lipinski definition) is 5. The Morgan fingerprint density at radius 2 is 1.96 bits per heavy atom. The highest BCUT2D eigenvalue weighted by molar-refractivity contribution is 7.99. The highest BCUT2D eigenvalue weighted by Gasteiger charge is 2.11. The van der Waals surface area contributed by atoms with Crippen molar-refractivity contribution in [2.45, 2.75) is 39.0 Å². The van der Waals surface area contributed by atoms with Crippen LogP contribution in [0.15, 0.2) is 47.6 Å². The van der Waals surface area contributed by atoms with Crippen LogP contribution >= 0.6 is 11.8 Å². The first kappa shape index (κ1) is 19.9. The Bertz CT molecular complexity index is 938. The van der Waals surface area contributed by atoms with Crippen LogP contribution in [0.2, 0.25) is 0 Å². The lowest BCUT2D eigenvalue weighted by Gasteiger charge is -2.12. The van der Waals surface area contributed by atoms with Gasteiger partial charge in [0, 0.05) is 5.69 Å².